The summed E-state index contributed by atoms with van der Waals surface area (Å²) in [5.41, 5.74) is 3.40. The van der Waals surface area contributed by atoms with Crippen LogP contribution in [0.4, 0.5) is 21.5 Å². The van der Waals surface area contributed by atoms with E-state index in [4.69, 9.17) is 0 Å². The van der Waals surface area contributed by atoms with Crippen molar-refractivity contribution in [2.75, 3.05) is 10.6 Å². The summed E-state index contributed by atoms with van der Waals surface area (Å²) in [6, 6.07) is 23.2. The summed E-state index contributed by atoms with van der Waals surface area (Å²) < 4.78 is 12.8. The average Bonchev–Trinajstić information content (AvgIpc) is 2.64. The molecule has 3 nitrogen and oxygen atoms in total. The number of nitrogens with one attached hydrogen (secondary N) is 2. The molecule has 4 heteroatoms. The summed E-state index contributed by atoms with van der Waals surface area (Å²) in [6.07, 6.45) is 3.06. The van der Waals surface area contributed by atoms with Gasteiger partial charge in [-0.05, 0) is 60.2 Å². The molecule has 0 spiro atoms. The molecule has 0 radical (unpaired) electrons. The summed E-state index contributed by atoms with van der Waals surface area (Å²) in [5, 5.41) is 6.07. The van der Waals surface area contributed by atoms with Crippen LogP contribution in [0.1, 0.15) is 5.56 Å². The lowest BCUT2D eigenvalue weighted by Crippen LogP contribution is -2.07. The monoisotopic (exact) mass is 332 g/mol. The van der Waals surface area contributed by atoms with Crippen LogP contribution in [-0.2, 0) is 4.79 Å². The molecule has 0 aliphatic carbocycles. The molecule has 3 aromatic carbocycles. The highest BCUT2D eigenvalue weighted by Gasteiger charge is 1.99. The first-order valence-electron chi connectivity index (χ1n) is 7.86. The Morgan fingerprint density at radius 2 is 1.36 bits per heavy atom. The van der Waals surface area contributed by atoms with E-state index >= 15 is 0 Å². The minimum Gasteiger partial charge on any atom is -0.356 e. The smallest absolute Gasteiger partial charge is 0.248 e. The zero-order valence-corrected chi connectivity index (χ0v) is 13.4. The predicted molar refractivity (Wildman–Crippen MR) is 100 cm³/mol. The molecule has 3 rings (SSSR count). The summed E-state index contributed by atoms with van der Waals surface area (Å²) in [5.74, 6) is -0.543. The van der Waals surface area contributed by atoms with E-state index in [0.29, 0.717) is 5.69 Å². The average molecular weight is 332 g/mol. The van der Waals surface area contributed by atoms with Crippen LogP contribution in [0.2, 0.25) is 0 Å². The van der Waals surface area contributed by atoms with Gasteiger partial charge >= 0.3 is 0 Å². The minimum atomic E-state index is -0.300. The van der Waals surface area contributed by atoms with Crippen molar-refractivity contribution in [1.29, 1.82) is 0 Å². The molecule has 0 heterocycles. The normalized spacial score (nSPS) is 10.6. The Bertz CT molecular complexity index is 857. The number of rotatable bonds is 5. The predicted octanol–water partition coefficient (Wildman–Crippen LogP) is 5.22. The first kappa shape index (κ1) is 16.5. The molecule has 0 bridgehead atoms. The van der Waals surface area contributed by atoms with Gasteiger partial charge < -0.3 is 10.6 Å². The second kappa shape index (κ2) is 7.93. The lowest BCUT2D eigenvalue weighted by atomic mass is 10.2. The van der Waals surface area contributed by atoms with Crippen molar-refractivity contribution in [3.05, 3.63) is 96.3 Å². The highest BCUT2D eigenvalue weighted by atomic mass is 19.1. The molecule has 0 aromatic heterocycles. The molecule has 0 fully saturated rings. The number of carbonyl (C=O) groups excluding carboxylic acids is 1. The number of amides is 1. The molecule has 0 atom stereocenters. The molecule has 3 aromatic rings. The van der Waals surface area contributed by atoms with Crippen molar-refractivity contribution in [2.24, 2.45) is 0 Å². The van der Waals surface area contributed by atoms with Crippen molar-refractivity contribution in [3.8, 4) is 0 Å². The van der Waals surface area contributed by atoms with Gasteiger partial charge in [-0.25, -0.2) is 4.39 Å². The summed E-state index contributed by atoms with van der Waals surface area (Å²) in [6.45, 7) is 0. The lowest BCUT2D eigenvalue weighted by Gasteiger charge is -2.07. The van der Waals surface area contributed by atoms with Crippen LogP contribution in [0.15, 0.2) is 84.9 Å². The molecular weight excluding hydrogens is 315 g/mol. The molecule has 0 saturated heterocycles. The molecular formula is C21H17FN2O. The zero-order chi connectivity index (χ0) is 17.5. The van der Waals surface area contributed by atoms with Crippen LogP contribution in [0.25, 0.3) is 6.08 Å². The van der Waals surface area contributed by atoms with E-state index in [1.807, 2.05) is 54.6 Å². The summed E-state index contributed by atoms with van der Waals surface area (Å²) >= 11 is 0. The standard InChI is InChI=1S/C21H17FN2O/c22-17-9-6-16(7-10-17)8-15-21(25)24-20-13-11-19(12-14-20)23-18-4-2-1-3-5-18/h1-15,23H,(H,24,25). The second-order valence-electron chi connectivity index (χ2n) is 5.44. The number of benzene rings is 3. The van der Waals surface area contributed by atoms with Gasteiger partial charge in [-0.3, -0.25) is 4.79 Å². The minimum absolute atomic E-state index is 0.243. The number of hydrogen-bond donors (Lipinski definition) is 2. The van der Waals surface area contributed by atoms with E-state index in [2.05, 4.69) is 10.6 Å². The van der Waals surface area contributed by atoms with Gasteiger partial charge in [0.2, 0.25) is 5.91 Å². The largest absolute Gasteiger partial charge is 0.356 e. The topological polar surface area (TPSA) is 41.1 Å². The van der Waals surface area contributed by atoms with Crippen LogP contribution in [0.3, 0.4) is 0 Å². The molecule has 2 N–H and O–H groups in total. The maximum absolute atomic E-state index is 12.8. The Morgan fingerprint density at radius 1 is 0.760 bits per heavy atom. The Morgan fingerprint density at radius 3 is 2.04 bits per heavy atom. The van der Waals surface area contributed by atoms with E-state index in [-0.39, 0.29) is 11.7 Å². The molecule has 0 aliphatic heterocycles. The third-order valence-electron chi connectivity index (χ3n) is 3.51. The zero-order valence-electron chi connectivity index (χ0n) is 13.4. The van der Waals surface area contributed by atoms with Gasteiger partial charge in [0.1, 0.15) is 5.82 Å². The Hall–Kier alpha value is -3.40. The van der Waals surface area contributed by atoms with Crippen molar-refractivity contribution >= 4 is 29.0 Å². The van der Waals surface area contributed by atoms with Crippen LogP contribution in [-0.4, -0.2) is 5.91 Å². The maximum atomic E-state index is 12.8. The lowest BCUT2D eigenvalue weighted by molar-refractivity contribution is -0.111. The quantitative estimate of drug-likeness (QED) is 0.629. The van der Waals surface area contributed by atoms with Gasteiger partial charge in [-0.1, -0.05) is 30.3 Å². The van der Waals surface area contributed by atoms with Crippen LogP contribution >= 0.6 is 0 Å². The third-order valence-corrected chi connectivity index (χ3v) is 3.51. The van der Waals surface area contributed by atoms with Gasteiger partial charge in [-0.15, -0.1) is 0 Å². The van der Waals surface area contributed by atoms with Crippen LogP contribution in [0, 0.1) is 5.82 Å². The van der Waals surface area contributed by atoms with Crippen molar-refractivity contribution in [1.82, 2.24) is 0 Å². The molecule has 25 heavy (non-hydrogen) atoms. The van der Waals surface area contributed by atoms with Gasteiger partial charge in [0, 0.05) is 23.1 Å². The highest BCUT2D eigenvalue weighted by molar-refractivity contribution is 6.02. The van der Waals surface area contributed by atoms with Crippen molar-refractivity contribution < 1.29 is 9.18 Å². The molecule has 1 amide bonds. The fraction of sp³-hybridized carbons (Fsp3) is 0. The van der Waals surface area contributed by atoms with Gasteiger partial charge in [0.05, 0.1) is 0 Å². The van der Waals surface area contributed by atoms with Crippen molar-refractivity contribution in [3.63, 3.8) is 0 Å². The van der Waals surface area contributed by atoms with Gasteiger partial charge in [0.15, 0.2) is 0 Å². The summed E-state index contributed by atoms with van der Waals surface area (Å²) in [4.78, 5) is 11.9. The SMILES string of the molecule is O=C(C=Cc1ccc(F)cc1)Nc1ccc(Nc2ccccc2)cc1. The van der Waals surface area contributed by atoms with E-state index in [9.17, 15) is 9.18 Å². The van der Waals surface area contributed by atoms with Gasteiger partial charge in [0.25, 0.3) is 0 Å². The second-order valence-corrected chi connectivity index (χ2v) is 5.44. The van der Waals surface area contributed by atoms with Gasteiger partial charge in [-0.2, -0.15) is 0 Å². The third kappa shape index (κ3) is 5.04. The van der Waals surface area contributed by atoms with Crippen LogP contribution < -0.4 is 10.6 Å². The number of hydrogen-bond acceptors (Lipinski definition) is 2. The molecule has 0 unspecified atom stereocenters. The molecule has 0 saturated carbocycles. The fourth-order valence-electron chi connectivity index (χ4n) is 2.25. The summed E-state index contributed by atoms with van der Waals surface area (Å²) in [7, 11) is 0. The Labute approximate surface area is 145 Å². The van der Waals surface area contributed by atoms with E-state index in [1.54, 1.807) is 18.2 Å². The van der Waals surface area contributed by atoms with E-state index < -0.39 is 0 Å². The number of para-hydroxylation sites is 1. The number of anilines is 3. The molecule has 0 aliphatic rings. The fourth-order valence-corrected chi connectivity index (χ4v) is 2.25. The first-order chi connectivity index (χ1) is 12.2. The van der Waals surface area contributed by atoms with E-state index in [1.165, 1.54) is 18.2 Å². The molecule has 124 valence electrons. The Kier molecular flexibility index (Phi) is 5.22. The van der Waals surface area contributed by atoms with Crippen LogP contribution in [0.5, 0.6) is 0 Å². The highest BCUT2D eigenvalue weighted by Crippen LogP contribution is 2.18. The number of carbonyl (C=O) groups is 1. The first-order valence-corrected chi connectivity index (χ1v) is 7.86. The van der Waals surface area contributed by atoms with Crippen molar-refractivity contribution in [2.45, 2.75) is 0 Å². The Balaban J connectivity index is 1.57. The van der Waals surface area contributed by atoms with E-state index in [0.717, 1.165) is 16.9 Å². The maximum Gasteiger partial charge on any atom is 0.248 e. The number of halogens is 1.